The number of benzene rings is 1. The summed E-state index contributed by atoms with van der Waals surface area (Å²) in [6, 6.07) is 8.43. The molecule has 4 heteroatoms. The molecule has 0 aromatic heterocycles. The van der Waals surface area contributed by atoms with Crippen molar-refractivity contribution in [3.05, 3.63) is 35.4 Å². The highest BCUT2D eigenvalue weighted by Gasteiger charge is 2.36. The number of nitrogens with two attached hydrogens (primary N) is 1. The van der Waals surface area contributed by atoms with Crippen LogP contribution in [0.25, 0.3) is 0 Å². The van der Waals surface area contributed by atoms with Gasteiger partial charge in [0.2, 0.25) is 0 Å². The maximum atomic E-state index is 11.6. The van der Waals surface area contributed by atoms with Gasteiger partial charge in [-0.3, -0.25) is 0 Å². The molecule has 1 aromatic carbocycles. The summed E-state index contributed by atoms with van der Waals surface area (Å²) in [6.07, 6.45) is 3.70. The zero-order chi connectivity index (χ0) is 13.9. The summed E-state index contributed by atoms with van der Waals surface area (Å²) >= 11 is 0. The van der Waals surface area contributed by atoms with E-state index in [1.54, 1.807) is 6.92 Å². The first-order chi connectivity index (χ1) is 9.03. The summed E-state index contributed by atoms with van der Waals surface area (Å²) in [5, 5.41) is 0. The van der Waals surface area contributed by atoms with Gasteiger partial charge in [-0.25, -0.2) is 8.42 Å². The van der Waals surface area contributed by atoms with Crippen LogP contribution in [-0.2, 0) is 21.7 Å². The molecular weight excluding hydrogens is 258 g/mol. The minimum absolute atomic E-state index is 0.000144. The lowest BCUT2D eigenvalue weighted by atomic mass is 9.78. The van der Waals surface area contributed by atoms with E-state index in [4.69, 9.17) is 5.73 Å². The number of hydrogen-bond acceptors (Lipinski definition) is 3. The van der Waals surface area contributed by atoms with Crippen LogP contribution in [0.5, 0.6) is 0 Å². The second-order valence-electron chi connectivity index (χ2n) is 5.48. The molecule has 1 unspecified atom stereocenters. The van der Waals surface area contributed by atoms with Crippen LogP contribution in [0.4, 0.5) is 0 Å². The van der Waals surface area contributed by atoms with E-state index >= 15 is 0 Å². The van der Waals surface area contributed by atoms with Crippen LogP contribution in [0, 0.1) is 0 Å². The lowest BCUT2D eigenvalue weighted by molar-refractivity contribution is 0.397. The van der Waals surface area contributed by atoms with Gasteiger partial charge in [0.15, 0.2) is 0 Å². The molecule has 1 aliphatic carbocycles. The first-order valence-corrected chi connectivity index (χ1v) is 8.84. The summed E-state index contributed by atoms with van der Waals surface area (Å²) in [7, 11) is -2.86. The van der Waals surface area contributed by atoms with Gasteiger partial charge in [0.1, 0.15) is 9.84 Å². The number of aryl methyl sites for hydroxylation is 1. The van der Waals surface area contributed by atoms with Crippen molar-refractivity contribution in [1.29, 1.82) is 0 Å². The van der Waals surface area contributed by atoms with E-state index in [1.807, 2.05) is 0 Å². The molecule has 0 fully saturated rings. The normalized spacial score (nSPS) is 22.4. The molecule has 0 radical (unpaired) electrons. The van der Waals surface area contributed by atoms with E-state index in [0.717, 1.165) is 19.3 Å². The van der Waals surface area contributed by atoms with Gasteiger partial charge < -0.3 is 5.73 Å². The molecule has 0 heterocycles. The van der Waals surface area contributed by atoms with Gasteiger partial charge in [-0.2, -0.15) is 0 Å². The van der Waals surface area contributed by atoms with E-state index in [1.165, 1.54) is 11.1 Å². The summed E-state index contributed by atoms with van der Waals surface area (Å²) in [4.78, 5) is 0. The zero-order valence-electron chi connectivity index (χ0n) is 11.6. The zero-order valence-corrected chi connectivity index (χ0v) is 12.4. The van der Waals surface area contributed by atoms with Gasteiger partial charge in [-0.15, -0.1) is 0 Å². The van der Waals surface area contributed by atoms with Gasteiger partial charge in [0.25, 0.3) is 0 Å². The first kappa shape index (κ1) is 14.5. The number of sulfone groups is 1. The fraction of sp³-hybridized carbons (Fsp3) is 0.600. The minimum Gasteiger partial charge on any atom is -0.330 e. The van der Waals surface area contributed by atoms with E-state index in [-0.39, 0.29) is 16.9 Å². The van der Waals surface area contributed by atoms with Crippen LogP contribution in [0.15, 0.2) is 24.3 Å². The number of hydrogen-bond donors (Lipinski definition) is 1. The Hall–Kier alpha value is -0.870. The van der Waals surface area contributed by atoms with Crippen molar-refractivity contribution in [3.63, 3.8) is 0 Å². The molecule has 0 bridgehead atoms. The van der Waals surface area contributed by atoms with Crippen LogP contribution >= 0.6 is 0 Å². The van der Waals surface area contributed by atoms with Crippen LogP contribution in [-0.4, -0.2) is 26.5 Å². The minimum atomic E-state index is -2.86. The smallest absolute Gasteiger partial charge is 0.150 e. The predicted molar refractivity (Wildman–Crippen MR) is 79.1 cm³/mol. The molecule has 0 saturated heterocycles. The van der Waals surface area contributed by atoms with Crippen molar-refractivity contribution in [1.82, 2.24) is 0 Å². The van der Waals surface area contributed by atoms with Crippen LogP contribution < -0.4 is 5.73 Å². The van der Waals surface area contributed by atoms with Crippen LogP contribution in [0.2, 0.25) is 0 Å². The SMILES string of the molecule is CCS(=O)(=O)CCCC1(CN)CCc2ccccc21. The number of fused-ring (bicyclic) bond motifs is 1. The molecule has 0 spiro atoms. The van der Waals surface area contributed by atoms with Crippen molar-refractivity contribution in [2.45, 2.75) is 38.0 Å². The highest BCUT2D eigenvalue weighted by Crippen LogP contribution is 2.41. The fourth-order valence-corrected chi connectivity index (χ4v) is 3.99. The van der Waals surface area contributed by atoms with Gasteiger partial charge in [0, 0.05) is 17.7 Å². The Labute approximate surface area is 116 Å². The Morgan fingerprint density at radius 2 is 2.05 bits per heavy atom. The summed E-state index contributed by atoms with van der Waals surface area (Å²) in [5.74, 6) is 0.520. The lowest BCUT2D eigenvalue weighted by Gasteiger charge is -2.29. The Balaban J connectivity index is 2.09. The molecule has 1 atom stereocenters. The van der Waals surface area contributed by atoms with Crippen molar-refractivity contribution in [3.8, 4) is 0 Å². The quantitative estimate of drug-likeness (QED) is 0.868. The number of rotatable bonds is 6. The highest BCUT2D eigenvalue weighted by atomic mass is 32.2. The van der Waals surface area contributed by atoms with Crippen molar-refractivity contribution >= 4 is 9.84 Å². The fourth-order valence-electron chi connectivity index (χ4n) is 3.11. The molecule has 1 aromatic rings. The lowest BCUT2D eigenvalue weighted by Crippen LogP contribution is -2.33. The van der Waals surface area contributed by atoms with E-state index in [2.05, 4.69) is 24.3 Å². The van der Waals surface area contributed by atoms with E-state index in [9.17, 15) is 8.42 Å². The molecule has 0 aliphatic heterocycles. The standard InChI is InChI=1S/C15H23NO2S/c1-2-19(17,18)11-5-9-15(12-16)10-8-13-6-3-4-7-14(13)15/h3-4,6-7H,2,5,8-12,16H2,1H3. The maximum Gasteiger partial charge on any atom is 0.150 e. The van der Waals surface area contributed by atoms with Crippen molar-refractivity contribution in [2.24, 2.45) is 5.73 Å². The summed E-state index contributed by atoms with van der Waals surface area (Å²) in [6.45, 7) is 2.31. The molecule has 19 heavy (non-hydrogen) atoms. The van der Waals surface area contributed by atoms with Gasteiger partial charge >= 0.3 is 0 Å². The summed E-state index contributed by atoms with van der Waals surface area (Å²) < 4.78 is 23.2. The monoisotopic (exact) mass is 281 g/mol. The van der Waals surface area contributed by atoms with Crippen LogP contribution in [0.1, 0.15) is 37.3 Å². The molecule has 3 nitrogen and oxygen atoms in total. The largest absolute Gasteiger partial charge is 0.330 e. The Bertz CT molecular complexity index is 539. The molecule has 1 aliphatic rings. The third kappa shape index (κ3) is 3.00. The second-order valence-corrected chi connectivity index (χ2v) is 7.95. The molecule has 0 saturated carbocycles. The maximum absolute atomic E-state index is 11.6. The van der Waals surface area contributed by atoms with Crippen molar-refractivity contribution in [2.75, 3.05) is 18.1 Å². The highest BCUT2D eigenvalue weighted by molar-refractivity contribution is 7.91. The average Bonchev–Trinajstić information content (AvgIpc) is 2.79. The van der Waals surface area contributed by atoms with Gasteiger partial charge in [-0.1, -0.05) is 31.2 Å². The Morgan fingerprint density at radius 3 is 2.74 bits per heavy atom. The van der Waals surface area contributed by atoms with E-state index in [0.29, 0.717) is 13.0 Å². The third-order valence-corrected chi connectivity index (χ3v) is 6.19. The van der Waals surface area contributed by atoms with Crippen molar-refractivity contribution < 1.29 is 8.42 Å². The predicted octanol–water partition coefficient (Wildman–Crippen LogP) is 2.04. The first-order valence-electron chi connectivity index (χ1n) is 7.02. The second kappa shape index (κ2) is 5.63. The summed E-state index contributed by atoms with van der Waals surface area (Å²) in [5.41, 5.74) is 8.74. The van der Waals surface area contributed by atoms with Crippen LogP contribution in [0.3, 0.4) is 0 Å². The van der Waals surface area contributed by atoms with E-state index < -0.39 is 9.84 Å². The Morgan fingerprint density at radius 1 is 1.32 bits per heavy atom. The van der Waals surface area contributed by atoms with Gasteiger partial charge in [0.05, 0.1) is 5.75 Å². The average molecular weight is 281 g/mol. The van der Waals surface area contributed by atoms with Gasteiger partial charge in [-0.05, 0) is 36.8 Å². The molecule has 0 amide bonds. The third-order valence-electron chi connectivity index (χ3n) is 4.40. The molecule has 106 valence electrons. The molecule has 2 rings (SSSR count). The molecular formula is C15H23NO2S. The topological polar surface area (TPSA) is 60.2 Å². The molecule has 2 N–H and O–H groups in total. The Kier molecular flexibility index (Phi) is 4.31.